The normalized spacial score (nSPS) is 23.4. The Kier molecular flexibility index (Phi) is 9.43. The molecule has 1 aromatic rings. The topological polar surface area (TPSA) is 59.2 Å². The molecule has 6 aliphatic rings. The molecule has 1 fully saturated rings. The number of ether oxygens (including phenoxy) is 1. The molecule has 0 spiro atoms. The summed E-state index contributed by atoms with van der Waals surface area (Å²) in [6, 6.07) is 0. The van der Waals surface area contributed by atoms with Crippen LogP contribution in [0.5, 0.6) is 0 Å². The Bertz CT molecular complexity index is 1860. The van der Waals surface area contributed by atoms with Crippen LogP contribution in [0.2, 0.25) is 0 Å². The molecule has 0 saturated carbocycles. The van der Waals surface area contributed by atoms with E-state index in [1.807, 2.05) is 6.92 Å². The largest absolute Gasteiger partial charge is 1.00 e. The first-order chi connectivity index (χ1) is 21.2. The second-order valence-corrected chi connectivity index (χ2v) is 15.7. The number of esters is 1. The standard InChI is InChI=1S/C37H43N4O2.2ClH.Sn/c1-10-23-19(6)29-17-33-25(12-3)21(8)34(40-33)26-15-27(36(42)43-14-5)37(13-4)22(9)30(41-35(26)37)18-32-24(11-2)20(7)28(39-32)16-31(23)38-29;;;/h15-18,22H,10-14H2,1-9H3,(H-,38,39,40,41,42);2*1H;/q-1;;;+4/p-3. The summed E-state index contributed by atoms with van der Waals surface area (Å²) in [6.07, 6.45) is 12.8. The van der Waals surface area contributed by atoms with Crippen LogP contribution in [0.3, 0.4) is 0 Å². The number of carbonyl (C=O) groups excluding carboxylic acids is 1. The maximum atomic E-state index is 13.9. The summed E-state index contributed by atoms with van der Waals surface area (Å²) in [4.78, 5) is 24.6. The van der Waals surface area contributed by atoms with Crippen molar-refractivity contribution in [2.24, 2.45) is 21.3 Å². The molecule has 6 nitrogen and oxygen atoms in total. The van der Waals surface area contributed by atoms with Crippen LogP contribution in [0.15, 0.2) is 78.4 Å². The van der Waals surface area contributed by atoms with Crippen molar-refractivity contribution >= 4 is 51.2 Å². The Morgan fingerprint density at radius 1 is 0.891 bits per heavy atom. The van der Waals surface area contributed by atoms with Crippen LogP contribution < -0.4 is 24.8 Å². The molecule has 7 rings (SSSR count). The van der Waals surface area contributed by atoms with Crippen molar-refractivity contribution in [1.29, 1.82) is 0 Å². The molecule has 1 saturated heterocycles. The van der Waals surface area contributed by atoms with Crippen molar-refractivity contribution in [3.05, 3.63) is 90.9 Å². The van der Waals surface area contributed by atoms with Gasteiger partial charge in [-0.1, -0.05) is 0 Å². The van der Waals surface area contributed by atoms with Crippen LogP contribution in [0.4, 0.5) is 0 Å². The summed E-state index contributed by atoms with van der Waals surface area (Å²) in [5.41, 5.74) is 18.6. The quantitative estimate of drug-likeness (QED) is 0.329. The number of hydrogen-bond acceptors (Lipinski definition) is 5. The summed E-state index contributed by atoms with van der Waals surface area (Å²) in [7, 11) is 0. The minimum absolute atomic E-state index is 0. The molecular weight excluding hydrogens is 722 g/mol. The van der Waals surface area contributed by atoms with E-state index in [9.17, 15) is 4.79 Å². The molecular formula is C37H42Cl2N4O2Sn. The molecule has 1 aliphatic carbocycles. The maximum absolute atomic E-state index is 13.9. The first-order valence-corrected chi connectivity index (χ1v) is 18.9. The molecule has 0 aromatic carbocycles. The van der Waals surface area contributed by atoms with Gasteiger partial charge in [-0.05, 0) is 0 Å². The van der Waals surface area contributed by atoms with Crippen LogP contribution in [0.25, 0.3) is 12.2 Å². The van der Waals surface area contributed by atoms with E-state index >= 15 is 0 Å². The van der Waals surface area contributed by atoms with E-state index < -0.39 is 27.1 Å². The van der Waals surface area contributed by atoms with E-state index in [0.29, 0.717) is 6.61 Å². The molecule has 240 valence electrons. The van der Waals surface area contributed by atoms with Crippen molar-refractivity contribution in [1.82, 2.24) is 5.91 Å². The Labute approximate surface area is 296 Å². The van der Waals surface area contributed by atoms with Crippen molar-refractivity contribution in [3.8, 4) is 0 Å². The number of nitrogens with zero attached hydrogens (tertiary/aromatic N) is 4. The van der Waals surface area contributed by atoms with Gasteiger partial charge in [0.15, 0.2) is 0 Å². The molecule has 5 aliphatic heterocycles. The third kappa shape index (κ3) is 4.45. The van der Waals surface area contributed by atoms with Gasteiger partial charge in [-0.25, -0.2) is 0 Å². The number of aromatic nitrogens is 1. The monoisotopic (exact) mass is 764 g/mol. The fraction of sp³-hybridized carbons (Fsp3) is 0.432. The number of fused-ring (bicyclic) bond motifs is 3. The molecule has 6 bridgehead atoms. The number of hydrogen-bond donors (Lipinski definition) is 0. The van der Waals surface area contributed by atoms with Gasteiger partial charge in [0.25, 0.3) is 0 Å². The van der Waals surface area contributed by atoms with Crippen LogP contribution >= 0.6 is 0 Å². The van der Waals surface area contributed by atoms with E-state index in [1.165, 1.54) is 56.2 Å². The second-order valence-electron chi connectivity index (χ2n) is 12.6. The molecule has 9 heteroatoms. The zero-order valence-electron chi connectivity index (χ0n) is 28.3. The Hall–Kier alpha value is -2.55. The summed E-state index contributed by atoms with van der Waals surface area (Å²) in [5, 5.41) is 0. The summed E-state index contributed by atoms with van der Waals surface area (Å²) in [6.45, 7) is 20.3. The zero-order chi connectivity index (χ0) is 31.2. The van der Waals surface area contributed by atoms with E-state index in [4.69, 9.17) is 14.7 Å². The van der Waals surface area contributed by atoms with Crippen LogP contribution in [-0.2, 0) is 16.0 Å². The first-order valence-electron chi connectivity index (χ1n) is 16.3. The third-order valence-electron chi connectivity index (χ3n) is 10.9. The van der Waals surface area contributed by atoms with Crippen LogP contribution in [0.1, 0.15) is 97.2 Å². The van der Waals surface area contributed by atoms with E-state index in [0.717, 1.165) is 59.6 Å². The molecule has 0 radical (unpaired) electrons. The molecule has 46 heavy (non-hydrogen) atoms. The smallest absolute Gasteiger partial charge is 1.00 e. The number of aliphatic imine (C=N–C) groups is 2. The van der Waals surface area contributed by atoms with Crippen molar-refractivity contribution in [3.63, 3.8) is 0 Å². The molecule has 2 unspecified atom stereocenters. The van der Waals surface area contributed by atoms with E-state index in [-0.39, 0.29) is 36.7 Å². The predicted molar refractivity (Wildman–Crippen MR) is 180 cm³/mol. The van der Waals surface area contributed by atoms with E-state index in [2.05, 4.69) is 85.6 Å². The molecule has 0 N–H and O–H groups in total. The van der Waals surface area contributed by atoms with Gasteiger partial charge in [0.2, 0.25) is 0 Å². The summed E-state index contributed by atoms with van der Waals surface area (Å²) in [5.74, 6) is -0.130. The second kappa shape index (κ2) is 12.5. The van der Waals surface area contributed by atoms with Crippen molar-refractivity contribution in [2.45, 2.75) is 88.0 Å². The van der Waals surface area contributed by atoms with Crippen molar-refractivity contribution < 1.29 is 34.3 Å². The van der Waals surface area contributed by atoms with Gasteiger partial charge >= 0.3 is 273 Å². The summed E-state index contributed by atoms with van der Waals surface area (Å²) >= 11 is -1.57. The zero-order valence-corrected chi connectivity index (χ0v) is 32.6. The van der Waals surface area contributed by atoms with Gasteiger partial charge in [-0.2, -0.15) is 0 Å². The number of carbonyl (C=O) groups is 1. The third-order valence-corrected chi connectivity index (χ3v) is 14.8. The van der Waals surface area contributed by atoms with Gasteiger partial charge in [0.05, 0.1) is 0 Å². The number of allylic oxidation sites excluding steroid dienone is 9. The average Bonchev–Trinajstić information content (AvgIpc) is 3.73. The van der Waals surface area contributed by atoms with Gasteiger partial charge in [-0.3, -0.25) is 0 Å². The fourth-order valence-corrected chi connectivity index (χ4v) is 13.2. The minimum Gasteiger partial charge on any atom is -1.00 e. The van der Waals surface area contributed by atoms with E-state index in [1.54, 1.807) is 0 Å². The number of halogens is 2. The Morgan fingerprint density at radius 3 is 2.22 bits per heavy atom. The van der Waals surface area contributed by atoms with Crippen molar-refractivity contribution in [2.75, 3.05) is 6.61 Å². The van der Waals surface area contributed by atoms with Gasteiger partial charge in [-0.15, -0.1) is 0 Å². The van der Waals surface area contributed by atoms with Gasteiger partial charge in [0.1, 0.15) is 0 Å². The van der Waals surface area contributed by atoms with Crippen LogP contribution in [0, 0.1) is 18.3 Å². The average molecular weight is 764 g/mol. The molecule has 0 amide bonds. The Morgan fingerprint density at radius 2 is 1.59 bits per heavy atom. The molecule has 6 heterocycles. The Balaban J connectivity index is 0.00000208. The molecule has 2 atom stereocenters. The van der Waals surface area contributed by atoms with Crippen LogP contribution in [-0.4, -0.2) is 51.6 Å². The minimum atomic E-state index is -1.57. The fourth-order valence-electron chi connectivity index (χ4n) is 8.56. The predicted octanol–water partition coefficient (Wildman–Crippen LogP) is 1.81. The maximum Gasteiger partial charge on any atom is -1.00 e. The SMILES string of the molecule is CCOC(=O)C1=CC2=C3[N]4[Sn+2][n]5c(c(C)c(CC)c5C=C5N=C(C=C4C(C)C13CC)C(CC)=C5C)C=C1N=C2C(C)=C1CC.[Cl-].[Cl-]. The van der Waals surface area contributed by atoms with Gasteiger partial charge < -0.3 is 24.8 Å². The number of rotatable bonds is 6. The summed E-state index contributed by atoms with van der Waals surface area (Å²) < 4.78 is 11.1. The van der Waals surface area contributed by atoms with Gasteiger partial charge in [0, 0.05) is 0 Å². The molecule has 1 aromatic heterocycles. The first kappa shape index (κ1) is 34.8.